The van der Waals surface area contributed by atoms with E-state index in [9.17, 15) is 43.8 Å². The highest BCUT2D eigenvalue weighted by atomic mass is 31.2. The van der Waals surface area contributed by atoms with Gasteiger partial charge in [-0.15, -0.1) is 0 Å². The second kappa shape index (κ2) is 30.6. The molecule has 6 aromatic rings. The van der Waals surface area contributed by atoms with Crippen molar-refractivity contribution in [2.24, 2.45) is 0 Å². The molecule has 6 rings (SSSR count). The number of H-pyrrole nitrogens is 4. The van der Waals surface area contributed by atoms with E-state index in [-0.39, 0.29) is 36.2 Å². The first-order valence-corrected chi connectivity index (χ1v) is 25.1. The van der Waals surface area contributed by atoms with Gasteiger partial charge in [-0.2, -0.15) is 0 Å². The Morgan fingerprint density at radius 1 is 0.579 bits per heavy atom. The van der Waals surface area contributed by atoms with Gasteiger partial charge in [0.15, 0.2) is 52.0 Å². The van der Waals surface area contributed by atoms with Crippen LogP contribution in [0.1, 0.15) is 44.8 Å². The van der Waals surface area contributed by atoms with E-state index in [2.05, 4.69) is 40.5 Å². The average Bonchev–Trinajstić information content (AvgIpc) is 4.11. The van der Waals surface area contributed by atoms with Crippen LogP contribution in [0.5, 0.6) is 46.0 Å². The standard InChI is InChI=1S/2C18H21O8P.2C6H9N3O2/c2*1-23-15-7-6-12(9-16(15)26-27(20,21)22)4-5-13-8-14(11-19)18(25-3)17(10-13)24-2;2*7-5(6(10)11)1-4-2-8-3-9-4/h2*4-10,19H,11H2,1-3H3,(H2,20,21,22);2*2-3,5H,1,7H2,(H,8,9)(H,10,11)/p+1/b2*5-4-;;. The number of aliphatic carboxylic acids is 2. The quantitative estimate of drug-likeness (QED) is 0.0298. The molecule has 4 atom stereocenters. The Labute approximate surface area is 435 Å². The highest BCUT2D eigenvalue weighted by Gasteiger charge is 2.19. The van der Waals surface area contributed by atoms with Crippen LogP contribution in [-0.2, 0) is 44.8 Å². The zero-order valence-electron chi connectivity index (χ0n) is 42.0. The summed E-state index contributed by atoms with van der Waals surface area (Å²) in [5.41, 5.74) is 12.3. The minimum atomic E-state index is -4.97. The molecule has 0 spiro atoms. The molecule has 0 fully saturated rings. The van der Waals surface area contributed by atoms with Crippen LogP contribution >= 0.6 is 15.6 Å². The third kappa shape index (κ3) is 20.9. The van der Waals surface area contributed by atoms with Gasteiger partial charge in [0.25, 0.3) is 0 Å². The summed E-state index contributed by atoms with van der Waals surface area (Å²) in [5.74, 6) is -0.119. The minimum Gasteiger partial charge on any atom is -0.746 e. The SMILES string of the molecule is COc1ccc(/C=C\c2cc(CO)c(OC)c(OC)c2)cc1OP(=O)([O-])O.COc1ccc(/C=C\c2cc(CO)c(OC)c(OC)c2)cc1OP(=O)([O-])O.[NH3+]C(Cc1c[nH+]c[nH]1)C(=O)O.[NH3+]C(Cc1c[nH+]c[nH]1)C(=O)[O-]. The van der Waals surface area contributed by atoms with Crippen molar-refractivity contribution >= 4 is 51.9 Å². The first kappa shape index (κ1) is 62.6. The third-order valence-electron chi connectivity index (χ3n) is 10.0. The molecule has 0 bridgehead atoms. The van der Waals surface area contributed by atoms with Gasteiger partial charge in [0.05, 0.1) is 74.7 Å². The lowest BCUT2D eigenvalue weighted by molar-refractivity contribution is -0.437. The van der Waals surface area contributed by atoms with Crippen molar-refractivity contribution in [2.75, 3.05) is 42.7 Å². The molecular formula is C48H61N6O20P2+. The highest BCUT2D eigenvalue weighted by molar-refractivity contribution is 7.45. The summed E-state index contributed by atoms with van der Waals surface area (Å²) in [6.45, 7) is -0.450. The van der Waals surface area contributed by atoms with Crippen LogP contribution in [0, 0.1) is 0 Å². The maximum Gasteiger partial charge on any atom is 0.362 e. The molecule has 0 aliphatic carbocycles. The number of benzene rings is 4. The second-order valence-electron chi connectivity index (χ2n) is 15.5. The normalized spacial score (nSPS) is 13.1. The summed E-state index contributed by atoms with van der Waals surface area (Å²) < 4.78 is 62.2. The van der Waals surface area contributed by atoms with Crippen LogP contribution in [0.3, 0.4) is 0 Å². The number of aromatic amines is 4. The number of methoxy groups -OCH3 is 6. The number of hydrogen-bond acceptors (Lipinski definition) is 17. The lowest BCUT2D eigenvalue weighted by Crippen LogP contribution is -2.69. The number of carbonyl (C=O) groups excluding carboxylic acids is 1. The van der Waals surface area contributed by atoms with Gasteiger partial charge < -0.3 is 93.7 Å². The number of carboxylic acid groups (broad SMARTS) is 2. The molecule has 412 valence electrons. The number of carbonyl (C=O) groups is 2. The number of rotatable bonds is 22. The Bertz CT molecular complexity index is 2700. The fraction of sp³-hybridized carbons (Fsp3) is 0.250. The number of aliphatic hydroxyl groups is 2. The molecule has 0 radical (unpaired) electrons. The monoisotopic (exact) mass is 1100 g/mol. The van der Waals surface area contributed by atoms with Crippen LogP contribution < -0.4 is 73.8 Å². The Morgan fingerprint density at radius 3 is 1.22 bits per heavy atom. The van der Waals surface area contributed by atoms with Gasteiger partial charge in [0.1, 0.15) is 29.8 Å². The van der Waals surface area contributed by atoms with Crippen LogP contribution in [-0.4, -0.2) is 102 Å². The number of aromatic nitrogens is 4. The summed E-state index contributed by atoms with van der Waals surface area (Å²) in [6.07, 6.45) is 14.3. The molecule has 4 unspecified atom stereocenters. The summed E-state index contributed by atoms with van der Waals surface area (Å²) in [7, 11) is -1.26. The summed E-state index contributed by atoms with van der Waals surface area (Å²) in [4.78, 5) is 71.7. The van der Waals surface area contributed by atoms with E-state index in [0.717, 1.165) is 22.5 Å². The Kier molecular flexibility index (Phi) is 25.2. The van der Waals surface area contributed by atoms with Gasteiger partial charge in [0, 0.05) is 11.1 Å². The number of carboxylic acids is 2. The Morgan fingerprint density at radius 2 is 0.934 bits per heavy atom. The van der Waals surface area contributed by atoms with Crippen molar-refractivity contribution in [1.29, 1.82) is 0 Å². The first-order valence-electron chi connectivity index (χ1n) is 22.1. The van der Waals surface area contributed by atoms with E-state index < -0.39 is 39.7 Å². The van der Waals surface area contributed by atoms with Gasteiger partial charge in [-0.3, -0.25) is 19.1 Å². The lowest BCUT2D eigenvalue weighted by Gasteiger charge is -2.18. The molecule has 2 heterocycles. The van der Waals surface area contributed by atoms with Crippen molar-refractivity contribution in [3.05, 3.63) is 130 Å². The number of nitrogens with one attached hydrogen (secondary N) is 4. The van der Waals surface area contributed by atoms with E-state index >= 15 is 0 Å². The molecule has 2 aromatic heterocycles. The van der Waals surface area contributed by atoms with Crippen LogP contribution in [0.2, 0.25) is 0 Å². The maximum atomic E-state index is 11.0. The lowest BCUT2D eigenvalue weighted by atomic mass is 10.1. The zero-order valence-corrected chi connectivity index (χ0v) is 43.8. The fourth-order valence-electron chi connectivity index (χ4n) is 6.51. The molecule has 0 aliphatic heterocycles. The predicted octanol–water partition coefficient (Wildman–Crippen LogP) is -0.773. The summed E-state index contributed by atoms with van der Waals surface area (Å²) >= 11 is 0. The van der Waals surface area contributed by atoms with Crippen LogP contribution in [0.25, 0.3) is 24.3 Å². The molecule has 0 saturated heterocycles. The minimum absolute atomic E-state index is 0.135. The molecule has 0 saturated carbocycles. The third-order valence-corrected chi connectivity index (χ3v) is 10.9. The molecule has 76 heavy (non-hydrogen) atoms. The molecule has 0 amide bonds. The van der Waals surface area contributed by atoms with Gasteiger partial charge in [-0.1, -0.05) is 36.4 Å². The fourth-order valence-corrected chi connectivity index (χ4v) is 7.29. The smallest absolute Gasteiger partial charge is 0.362 e. The van der Waals surface area contributed by atoms with E-state index in [1.54, 1.807) is 85.8 Å². The van der Waals surface area contributed by atoms with E-state index in [1.807, 2.05) is 0 Å². The number of quaternary nitrogens is 2. The number of ether oxygens (including phenoxy) is 6. The number of hydrogen-bond donors (Lipinski definition) is 9. The number of phosphoric ester groups is 2. The van der Waals surface area contributed by atoms with E-state index in [1.165, 1.54) is 66.9 Å². The topological polar surface area (TPSA) is 428 Å². The summed E-state index contributed by atoms with van der Waals surface area (Å²) in [6, 6.07) is 14.9. The van der Waals surface area contributed by atoms with Crippen molar-refractivity contribution in [3.8, 4) is 46.0 Å². The number of phosphoric acid groups is 2. The zero-order chi connectivity index (χ0) is 56.6. The molecular weight excluding hydrogens is 1040 g/mol. The average molecular weight is 1100 g/mol. The highest BCUT2D eigenvalue weighted by Crippen LogP contribution is 2.41. The maximum absolute atomic E-state index is 11.0. The number of aliphatic hydroxyl groups excluding tert-OH is 2. The Hall–Kier alpha value is -7.74. The van der Waals surface area contributed by atoms with Gasteiger partial charge >= 0.3 is 21.6 Å². The summed E-state index contributed by atoms with van der Waals surface area (Å²) in [5, 5.41) is 37.7. The predicted molar refractivity (Wildman–Crippen MR) is 264 cm³/mol. The first-order chi connectivity index (χ1) is 36.0. The largest absolute Gasteiger partial charge is 0.746 e. The van der Waals surface area contributed by atoms with Gasteiger partial charge in [0.2, 0.25) is 12.7 Å². The van der Waals surface area contributed by atoms with Crippen molar-refractivity contribution in [3.63, 3.8) is 0 Å². The van der Waals surface area contributed by atoms with Crippen LogP contribution in [0.4, 0.5) is 0 Å². The van der Waals surface area contributed by atoms with Crippen molar-refractivity contribution in [1.82, 2.24) is 9.97 Å². The molecule has 28 heteroatoms. The Balaban J connectivity index is 0.000000289. The van der Waals surface area contributed by atoms with E-state index in [4.69, 9.17) is 43.3 Å². The van der Waals surface area contributed by atoms with Crippen LogP contribution in [0.15, 0.2) is 85.7 Å². The molecule has 0 aliphatic rings. The molecule has 26 nitrogen and oxygen atoms in total. The van der Waals surface area contributed by atoms with Crippen molar-refractivity contribution in [2.45, 2.75) is 38.1 Å². The molecule has 15 N–H and O–H groups in total. The van der Waals surface area contributed by atoms with Crippen molar-refractivity contribution < 1.29 is 118 Å². The molecule has 4 aromatic carbocycles. The number of imidazole rings is 2. The van der Waals surface area contributed by atoms with Gasteiger partial charge in [-0.25, -0.2) is 14.8 Å². The van der Waals surface area contributed by atoms with E-state index in [0.29, 0.717) is 58.1 Å². The van der Waals surface area contributed by atoms with Gasteiger partial charge in [-0.05, 0) is 70.8 Å². The second-order valence-corrected chi connectivity index (χ2v) is 17.7.